The lowest BCUT2D eigenvalue weighted by Gasteiger charge is -2.35. The molecule has 0 unspecified atom stereocenters. The highest BCUT2D eigenvalue weighted by molar-refractivity contribution is 5.80. The topological polar surface area (TPSA) is 74.6 Å². The molecule has 1 aliphatic rings. The van der Waals surface area contributed by atoms with E-state index in [9.17, 15) is 9.59 Å². The van der Waals surface area contributed by atoms with Gasteiger partial charge in [0.2, 0.25) is 0 Å². The van der Waals surface area contributed by atoms with Crippen molar-refractivity contribution >= 4 is 11.9 Å². The Morgan fingerprint density at radius 3 is 1.43 bits per heavy atom. The van der Waals surface area contributed by atoms with Crippen LogP contribution >= 0.6 is 0 Å². The Bertz CT molecular complexity index is 223. The van der Waals surface area contributed by atoms with Crippen LogP contribution in [0.5, 0.6) is 0 Å². The summed E-state index contributed by atoms with van der Waals surface area (Å²) >= 11 is 0. The molecule has 0 aromatic heterocycles. The summed E-state index contributed by atoms with van der Waals surface area (Å²) in [5, 5.41) is 18.0. The molecule has 0 aromatic carbocycles. The Kier molecular flexibility index (Phi) is 3.13. The van der Waals surface area contributed by atoms with E-state index in [1.807, 2.05) is 13.8 Å². The summed E-state index contributed by atoms with van der Waals surface area (Å²) < 4.78 is 0. The van der Waals surface area contributed by atoms with E-state index in [2.05, 4.69) is 0 Å². The summed E-state index contributed by atoms with van der Waals surface area (Å²) in [5.74, 6) is -3.48. The predicted octanol–water partition coefficient (Wildman–Crippen LogP) is 1.45. The van der Waals surface area contributed by atoms with E-state index in [1.54, 1.807) is 0 Å². The van der Waals surface area contributed by atoms with Gasteiger partial charge in [-0.15, -0.1) is 0 Å². The molecule has 0 aliphatic heterocycles. The zero-order chi connectivity index (χ0) is 10.9. The number of carboxylic acid groups (broad SMARTS) is 2. The maximum atomic E-state index is 11.0. The summed E-state index contributed by atoms with van der Waals surface area (Å²) in [6.45, 7) is 3.64. The third-order valence-corrected chi connectivity index (χ3v) is 3.26. The van der Waals surface area contributed by atoms with E-state index in [-0.39, 0.29) is 11.8 Å². The van der Waals surface area contributed by atoms with Crippen molar-refractivity contribution in [3.8, 4) is 0 Å². The first-order chi connectivity index (χ1) is 6.45. The second-order valence-electron chi connectivity index (χ2n) is 4.26. The number of aliphatic carboxylic acids is 2. The lowest BCUT2D eigenvalue weighted by Crippen LogP contribution is -2.41. The standard InChI is InChI=1S/C10H16O4/c1-5-3-4-6(2)8(10(13)14)7(5)9(11)12/h5-8H,3-4H2,1-2H3,(H,11,12)(H,13,14)/t5-,6-,7-,8-/m1/s1. The fraction of sp³-hybridized carbons (Fsp3) is 0.800. The molecule has 0 heterocycles. The van der Waals surface area contributed by atoms with Gasteiger partial charge in [-0.05, 0) is 24.7 Å². The smallest absolute Gasteiger partial charge is 0.307 e. The molecule has 0 saturated heterocycles. The molecule has 4 atom stereocenters. The van der Waals surface area contributed by atoms with Crippen LogP contribution in [0, 0.1) is 23.7 Å². The molecule has 14 heavy (non-hydrogen) atoms. The van der Waals surface area contributed by atoms with Crippen LogP contribution in [-0.2, 0) is 9.59 Å². The van der Waals surface area contributed by atoms with Crippen molar-refractivity contribution < 1.29 is 19.8 Å². The highest BCUT2D eigenvalue weighted by Crippen LogP contribution is 2.38. The zero-order valence-corrected chi connectivity index (χ0v) is 8.43. The Balaban J connectivity index is 2.92. The van der Waals surface area contributed by atoms with Crippen LogP contribution in [0.2, 0.25) is 0 Å². The van der Waals surface area contributed by atoms with E-state index in [1.165, 1.54) is 0 Å². The number of hydrogen-bond acceptors (Lipinski definition) is 2. The van der Waals surface area contributed by atoms with Crippen molar-refractivity contribution in [2.45, 2.75) is 26.7 Å². The van der Waals surface area contributed by atoms with Crippen LogP contribution in [0.1, 0.15) is 26.7 Å². The van der Waals surface area contributed by atoms with E-state index >= 15 is 0 Å². The van der Waals surface area contributed by atoms with Crippen LogP contribution in [0.4, 0.5) is 0 Å². The SMILES string of the molecule is C[C@@H]1CC[C@@H](C)[C@@H](C(=O)O)[C@@H]1C(=O)O. The van der Waals surface area contributed by atoms with Gasteiger partial charge in [0.05, 0.1) is 11.8 Å². The van der Waals surface area contributed by atoms with Crippen LogP contribution in [0.25, 0.3) is 0 Å². The van der Waals surface area contributed by atoms with Gasteiger partial charge in [-0.1, -0.05) is 13.8 Å². The third kappa shape index (κ3) is 1.89. The second-order valence-corrected chi connectivity index (χ2v) is 4.26. The number of carboxylic acids is 2. The molecular weight excluding hydrogens is 184 g/mol. The maximum absolute atomic E-state index is 11.0. The molecule has 80 valence electrons. The molecular formula is C10H16O4. The first-order valence-electron chi connectivity index (χ1n) is 4.90. The second kappa shape index (κ2) is 3.98. The average Bonchev–Trinajstić information content (AvgIpc) is 2.07. The molecule has 4 nitrogen and oxygen atoms in total. The Labute approximate surface area is 82.9 Å². The number of rotatable bonds is 2. The molecule has 4 heteroatoms. The number of carbonyl (C=O) groups is 2. The van der Waals surface area contributed by atoms with Crippen LogP contribution in [-0.4, -0.2) is 22.2 Å². The van der Waals surface area contributed by atoms with Gasteiger partial charge in [-0.25, -0.2) is 0 Å². The minimum absolute atomic E-state index is 0.0372. The molecule has 1 fully saturated rings. The van der Waals surface area contributed by atoms with E-state index in [4.69, 9.17) is 10.2 Å². The number of hydrogen-bond donors (Lipinski definition) is 2. The quantitative estimate of drug-likeness (QED) is 0.707. The van der Waals surface area contributed by atoms with Gasteiger partial charge in [-0.2, -0.15) is 0 Å². The highest BCUT2D eigenvalue weighted by atomic mass is 16.4. The van der Waals surface area contributed by atoms with Crippen molar-refractivity contribution in [2.75, 3.05) is 0 Å². The van der Waals surface area contributed by atoms with E-state index in [0.29, 0.717) is 0 Å². The summed E-state index contributed by atoms with van der Waals surface area (Å²) in [7, 11) is 0. The molecule has 0 radical (unpaired) electrons. The van der Waals surface area contributed by atoms with Gasteiger partial charge in [-0.3, -0.25) is 9.59 Å². The van der Waals surface area contributed by atoms with Crippen LogP contribution < -0.4 is 0 Å². The first-order valence-corrected chi connectivity index (χ1v) is 4.90. The van der Waals surface area contributed by atoms with Crippen molar-refractivity contribution in [1.29, 1.82) is 0 Å². The van der Waals surface area contributed by atoms with Gasteiger partial charge in [0.25, 0.3) is 0 Å². The molecule has 1 aliphatic carbocycles. The highest BCUT2D eigenvalue weighted by Gasteiger charge is 2.43. The fourth-order valence-electron chi connectivity index (χ4n) is 2.39. The third-order valence-electron chi connectivity index (χ3n) is 3.26. The van der Waals surface area contributed by atoms with E-state index < -0.39 is 23.8 Å². The summed E-state index contributed by atoms with van der Waals surface area (Å²) in [4.78, 5) is 21.9. The Morgan fingerprint density at radius 2 is 1.21 bits per heavy atom. The minimum Gasteiger partial charge on any atom is -0.481 e. The molecule has 1 saturated carbocycles. The van der Waals surface area contributed by atoms with E-state index in [0.717, 1.165) is 12.8 Å². The zero-order valence-electron chi connectivity index (χ0n) is 8.43. The van der Waals surface area contributed by atoms with Gasteiger partial charge in [0.15, 0.2) is 0 Å². The molecule has 0 aromatic rings. The molecule has 0 amide bonds. The van der Waals surface area contributed by atoms with Crippen LogP contribution in [0.15, 0.2) is 0 Å². The maximum Gasteiger partial charge on any atom is 0.307 e. The molecule has 0 bridgehead atoms. The summed E-state index contributed by atoms with van der Waals surface area (Å²) in [6, 6.07) is 0. The van der Waals surface area contributed by atoms with Crippen molar-refractivity contribution in [3.63, 3.8) is 0 Å². The lowest BCUT2D eigenvalue weighted by molar-refractivity contribution is -0.160. The Hall–Kier alpha value is -1.06. The average molecular weight is 200 g/mol. The monoisotopic (exact) mass is 200 g/mol. The fourth-order valence-corrected chi connectivity index (χ4v) is 2.39. The van der Waals surface area contributed by atoms with Crippen molar-refractivity contribution in [1.82, 2.24) is 0 Å². The molecule has 1 rings (SSSR count). The predicted molar refractivity (Wildman–Crippen MR) is 49.8 cm³/mol. The first kappa shape index (κ1) is 11.0. The summed E-state index contributed by atoms with van der Waals surface area (Å²) in [6.07, 6.45) is 1.61. The van der Waals surface area contributed by atoms with Gasteiger partial charge < -0.3 is 10.2 Å². The van der Waals surface area contributed by atoms with Gasteiger partial charge in [0.1, 0.15) is 0 Å². The van der Waals surface area contributed by atoms with Gasteiger partial charge in [0, 0.05) is 0 Å². The summed E-state index contributed by atoms with van der Waals surface area (Å²) in [5.41, 5.74) is 0. The normalized spacial score (nSPS) is 37.9. The molecule has 2 N–H and O–H groups in total. The van der Waals surface area contributed by atoms with Crippen LogP contribution in [0.3, 0.4) is 0 Å². The largest absolute Gasteiger partial charge is 0.481 e. The van der Waals surface area contributed by atoms with Gasteiger partial charge >= 0.3 is 11.9 Å². The molecule has 0 spiro atoms. The Morgan fingerprint density at radius 1 is 0.929 bits per heavy atom. The van der Waals surface area contributed by atoms with Crippen molar-refractivity contribution in [2.24, 2.45) is 23.7 Å². The van der Waals surface area contributed by atoms with Crippen molar-refractivity contribution in [3.05, 3.63) is 0 Å². The lowest BCUT2D eigenvalue weighted by atomic mass is 9.68. The minimum atomic E-state index is -0.976.